The molecule has 0 spiro atoms. The molecule has 4 nitrogen and oxygen atoms in total. The lowest BCUT2D eigenvalue weighted by Gasteiger charge is -2.19. The Morgan fingerprint density at radius 2 is 2.16 bits per heavy atom. The topological polar surface area (TPSA) is 55.8 Å². The van der Waals surface area contributed by atoms with Crippen molar-refractivity contribution in [2.24, 2.45) is 5.92 Å². The first-order valence-corrected chi connectivity index (χ1v) is 6.51. The third kappa shape index (κ3) is 3.33. The number of rotatable bonds is 4. The molecule has 1 aromatic rings. The summed E-state index contributed by atoms with van der Waals surface area (Å²) in [6.07, 6.45) is 0.387. The summed E-state index contributed by atoms with van der Waals surface area (Å²) in [5.74, 6) is -1.76. The molecule has 104 valence electrons. The SMILES string of the molecule is CC(Cc1ccccc1C1COC(C)(C)O1)C(=O)O. The third-order valence-corrected chi connectivity index (χ3v) is 3.36. The zero-order valence-electron chi connectivity index (χ0n) is 11.6. The van der Waals surface area contributed by atoms with Crippen LogP contribution in [-0.4, -0.2) is 23.5 Å². The van der Waals surface area contributed by atoms with Gasteiger partial charge in [-0.3, -0.25) is 4.79 Å². The third-order valence-electron chi connectivity index (χ3n) is 3.36. The Labute approximate surface area is 113 Å². The van der Waals surface area contributed by atoms with Gasteiger partial charge in [-0.1, -0.05) is 31.2 Å². The lowest BCUT2D eigenvalue weighted by atomic mass is 9.94. The monoisotopic (exact) mass is 264 g/mol. The second kappa shape index (κ2) is 5.31. The van der Waals surface area contributed by atoms with Gasteiger partial charge in [0, 0.05) is 0 Å². The Kier molecular flexibility index (Phi) is 3.92. The van der Waals surface area contributed by atoms with Crippen molar-refractivity contribution >= 4 is 5.97 Å². The van der Waals surface area contributed by atoms with Crippen LogP contribution in [-0.2, 0) is 20.7 Å². The van der Waals surface area contributed by atoms with Crippen molar-refractivity contribution in [2.75, 3.05) is 6.61 Å². The molecule has 19 heavy (non-hydrogen) atoms. The Hall–Kier alpha value is -1.39. The molecule has 0 radical (unpaired) electrons. The van der Waals surface area contributed by atoms with Crippen molar-refractivity contribution in [2.45, 2.75) is 39.1 Å². The van der Waals surface area contributed by atoms with E-state index in [0.29, 0.717) is 13.0 Å². The van der Waals surface area contributed by atoms with E-state index in [1.807, 2.05) is 38.1 Å². The maximum absolute atomic E-state index is 11.0. The highest BCUT2D eigenvalue weighted by molar-refractivity contribution is 5.70. The number of carbonyl (C=O) groups is 1. The summed E-state index contributed by atoms with van der Waals surface area (Å²) in [7, 11) is 0. The summed E-state index contributed by atoms with van der Waals surface area (Å²) in [6.45, 7) is 5.99. The Bertz CT molecular complexity index is 467. The van der Waals surface area contributed by atoms with Crippen LogP contribution in [0.1, 0.15) is 38.0 Å². The first-order chi connectivity index (χ1) is 8.89. The van der Waals surface area contributed by atoms with Gasteiger partial charge in [-0.2, -0.15) is 0 Å². The fourth-order valence-electron chi connectivity index (χ4n) is 2.29. The first-order valence-electron chi connectivity index (χ1n) is 6.51. The predicted molar refractivity (Wildman–Crippen MR) is 70.8 cm³/mol. The summed E-state index contributed by atoms with van der Waals surface area (Å²) in [4.78, 5) is 11.0. The maximum atomic E-state index is 11.0. The zero-order chi connectivity index (χ0) is 14.0. The molecule has 2 atom stereocenters. The van der Waals surface area contributed by atoms with E-state index in [1.54, 1.807) is 6.92 Å². The molecule has 1 aliphatic rings. The number of hydrogen-bond acceptors (Lipinski definition) is 3. The van der Waals surface area contributed by atoms with E-state index >= 15 is 0 Å². The number of aliphatic carboxylic acids is 1. The lowest BCUT2D eigenvalue weighted by molar-refractivity contribution is -0.141. The van der Waals surface area contributed by atoms with Crippen molar-refractivity contribution in [3.05, 3.63) is 35.4 Å². The normalized spacial score (nSPS) is 23.2. The highest BCUT2D eigenvalue weighted by atomic mass is 16.7. The smallest absolute Gasteiger partial charge is 0.306 e. The second-order valence-electron chi connectivity index (χ2n) is 5.46. The molecule has 0 amide bonds. The summed E-state index contributed by atoms with van der Waals surface area (Å²) in [5, 5.41) is 9.03. The number of carboxylic acids is 1. The molecule has 1 aliphatic heterocycles. The van der Waals surface area contributed by atoms with Gasteiger partial charge in [-0.05, 0) is 31.4 Å². The molecule has 1 saturated heterocycles. The van der Waals surface area contributed by atoms with E-state index in [2.05, 4.69) is 0 Å². The highest BCUT2D eigenvalue weighted by Gasteiger charge is 2.34. The van der Waals surface area contributed by atoms with Gasteiger partial charge >= 0.3 is 5.97 Å². The molecule has 0 bridgehead atoms. The molecule has 1 fully saturated rings. The molecule has 2 rings (SSSR count). The fourth-order valence-corrected chi connectivity index (χ4v) is 2.29. The van der Waals surface area contributed by atoms with E-state index in [-0.39, 0.29) is 6.10 Å². The van der Waals surface area contributed by atoms with Gasteiger partial charge in [0.25, 0.3) is 0 Å². The van der Waals surface area contributed by atoms with Crippen molar-refractivity contribution in [1.82, 2.24) is 0 Å². The second-order valence-corrected chi connectivity index (χ2v) is 5.46. The minimum Gasteiger partial charge on any atom is -0.481 e. The van der Waals surface area contributed by atoms with Crippen LogP contribution in [0.25, 0.3) is 0 Å². The van der Waals surface area contributed by atoms with Crippen LogP contribution in [0.15, 0.2) is 24.3 Å². The van der Waals surface area contributed by atoms with Crippen LogP contribution in [0.5, 0.6) is 0 Å². The van der Waals surface area contributed by atoms with Crippen LogP contribution >= 0.6 is 0 Å². The van der Waals surface area contributed by atoms with E-state index in [9.17, 15) is 4.79 Å². The minimum absolute atomic E-state index is 0.118. The number of ether oxygens (including phenoxy) is 2. The van der Waals surface area contributed by atoms with Crippen molar-refractivity contribution in [3.63, 3.8) is 0 Å². The number of hydrogen-bond donors (Lipinski definition) is 1. The lowest BCUT2D eigenvalue weighted by Crippen LogP contribution is -2.20. The van der Waals surface area contributed by atoms with Gasteiger partial charge < -0.3 is 14.6 Å². The number of benzene rings is 1. The van der Waals surface area contributed by atoms with Crippen LogP contribution < -0.4 is 0 Å². The van der Waals surface area contributed by atoms with Crippen LogP contribution in [0.3, 0.4) is 0 Å². The standard InChI is InChI=1S/C15H20O4/c1-10(14(16)17)8-11-6-4-5-7-12(11)13-9-18-15(2,3)19-13/h4-7,10,13H,8-9H2,1-3H3,(H,16,17). The Morgan fingerprint density at radius 3 is 2.74 bits per heavy atom. The minimum atomic E-state index is -0.779. The molecule has 2 unspecified atom stereocenters. The average Bonchev–Trinajstić information content (AvgIpc) is 2.70. The molecule has 1 heterocycles. The maximum Gasteiger partial charge on any atom is 0.306 e. The van der Waals surface area contributed by atoms with Gasteiger partial charge in [0.1, 0.15) is 6.10 Å². The summed E-state index contributed by atoms with van der Waals surface area (Å²) in [6, 6.07) is 7.82. The van der Waals surface area contributed by atoms with Crippen molar-refractivity contribution in [3.8, 4) is 0 Å². The van der Waals surface area contributed by atoms with Gasteiger partial charge in [-0.25, -0.2) is 0 Å². The molecule has 1 aromatic carbocycles. The zero-order valence-corrected chi connectivity index (χ0v) is 11.6. The van der Waals surface area contributed by atoms with E-state index < -0.39 is 17.7 Å². The Morgan fingerprint density at radius 1 is 1.47 bits per heavy atom. The number of carboxylic acid groups (broad SMARTS) is 1. The largest absolute Gasteiger partial charge is 0.481 e. The molecular weight excluding hydrogens is 244 g/mol. The summed E-state index contributed by atoms with van der Waals surface area (Å²) < 4.78 is 11.4. The Balaban J connectivity index is 2.19. The van der Waals surface area contributed by atoms with E-state index in [1.165, 1.54) is 0 Å². The average molecular weight is 264 g/mol. The van der Waals surface area contributed by atoms with Gasteiger partial charge in [-0.15, -0.1) is 0 Å². The van der Waals surface area contributed by atoms with E-state index in [4.69, 9.17) is 14.6 Å². The molecular formula is C15H20O4. The van der Waals surface area contributed by atoms with Gasteiger partial charge in [0.15, 0.2) is 5.79 Å². The molecule has 0 saturated carbocycles. The molecule has 1 N–H and O–H groups in total. The summed E-state index contributed by atoms with van der Waals surface area (Å²) in [5.41, 5.74) is 2.05. The van der Waals surface area contributed by atoms with E-state index in [0.717, 1.165) is 11.1 Å². The first kappa shape index (κ1) is 14.0. The molecule has 0 aromatic heterocycles. The van der Waals surface area contributed by atoms with Gasteiger partial charge in [0.2, 0.25) is 0 Å². The molecule has 0 aliphatic carbocycles. The van der Waals surface area contributed by atoms with Crippen molar-refractivity contribution < 1.29 is 19.4 Å². The quantitative estimate of drug-likeness (QED) is 0.908. The van der Waals surface area contributed by atoms with Crippen molar-refractivity contribution in [1.29, 1.82) is 0 Å². The fraction of sp³-hybridized carbons (Fsp3) is 0.533. The van der Waals surface area contributed by atoms with Crippen LogP contribution in [0.4, 0.5) is 0 Å². The molecule has 4 heteroatoms. The highest BCUT2D eigenvalue weighted by Crippen LogP contribution is 2.34. The summed E-state index contributed by atoms with van der Waals surface area (Å²) >= 11 is 0. The van der Waals surface area contributed by atoms with Gasteiger partial charge in [0.05, 0.1) is 12.5 Å². The van der Waals surface area contributed by atoms with Crippen LogP contribution in [0.2, 0.25) is 0 Å². The van der Waals surface area contributed by atoms with Crippen LogP contribution in [0, 0.1) is 5.92 Å². The predicted octanol–water partition coefficient (Wildman–Crippen LogP) is 2.77.